The highest BCUT2D eigenvalue weighted by atomic mass is 14.7. The van der Waals surface area contributed by atoms with E-state index in [4.69, 9.17) is 11.5 Å². The smallest absolute Gasteiger partial charge is 0.0314 e. The Labute approximate surface area is 105 Å². The van der Waals surface area contributed by atoms with E-state index in [1.807, 2.05) is 12.1 Å². The van der Waals surface area contributed by atoms with Gasteiger partial charge in [-0.05, 0) is 24.1 Å². The van der Waals surface area contributed by atoms with Gasteiger partial charge < -0.3 is 11.5 Å². The van der Waals surface area contributed by atoms with Crippen molar-refractivity contribution in [3.8, 4) is 0 Å². The van der Waals surface area contributed by atoms with E-state index in [0.29, 0.717) is 0 Å². The van der Waals surface area contributed by atoms with E-state index < -0.39 is 0 Å². The molecule has 0 spiro atoms. The molecule has 0 heterocycles. The van der Waals surface area contributed by atoms with Crippen molar-refractivity contribution in [1.29, 1.82) is 0 Å². The Kier molecular flexibility index (Phi) is 5.01. The second kappa shape index (κ2) is 6.06. The maximum Gasteiger partial charge on any atom is 0.0314 e. The first-order valence-electron chi connectivity index (χ1n) is 6.60. The van der Waals surface area contributed by atoms with Crippen molar-refractivity contribution in [3.63, 3.8) is 0 Å². The van der Waals surface area contributed by atoms with Crippen LogP contribution in [0.15, 0.2) is 24.3 Å². The van der Waals surface area contributed by atoms with Gasteiger partial charge in [-0.2, -0.15) is 0 Å². The molecule has 0 saturated carbocycles. The predicted octanol–water partition coefficient (Wildman–Crippen LogP) is 3.45. The minimum absolute atomic E-state index is 0.0153. The summed E-state index contributed by atoms with van der Waals surface area (Å²) < 4.78 is 0. The van der Waals surface area contributed by atoms with Crippen LogP contribution in [0.4, 0.5) is 5.69 Å². The molecule has 17 heavy (non-hydrogen) atoms. The molecule has 96 valence electrons. The average molecular weight is 234 g/mol. The molecular weight excluding hydrogens is 208 g/mol. The molecule has 1 rings (SSSR count). The number of hydrogen-bond donors (Lipinski definition) is 2. The van der Waals surface area contributed by atoms with Gasteiger partial charge in [-0.1, -0.05) is 52.2 Å². The van der Waals surface area contributed by atoms with Crippen LogP contribution in [0, 0.1) is 0 Å². The quantitative estimate of drug-likeness (QED) is 0.585. The number of benzene rings is 1. The van der Waals surface area contributed by atoms with E-state index in [0.717, 1.165) is 12.1 Å². The summed E-state index contributed by atoms with van der Waals surface area (Å²) in [6, 6.07) is 8.30. The largest absolute Gasteiger partial charge is 0.399 e. The van der Waals surface area contributed by atoms with E-state index in [-0.39, 0.29) is 11.5 Å². The second-order valence-electron chi connectivity index (χ2n) is 5.45. The van der Waals surface area contributed by atoms with Crippen molar-refractivity contribution in [3.05, 3.63) is 29.8 Å². The van der Waals surface area contributed by atoms with Gasteiger partial charge in [0.05, 0.1) is 0 Å². The molecule has 0 aliphatic carbocycles. The highest BCUT2D eigenvalue weighted by Crippen LogP contribution is 2.29. The summed E-state index contributed by atoms with van der Waals surface area (Å²) in [7, 11) is 0. The Morgan fingerprint density at radius 3 is 2.24 bits per heavy atom. The van der Waals surface area contributed by atoms with Crippen molar-refractivity contribution in [2.24, 2.45) is 5.73 Å². The molecule has 0 aliphatic heterocycles. The van der Waals surface area contributed by atoms with Gasteiger partial charge in [0.1, 0.15) is 0 Å². The van der Waals surface area contributed by atoms with Crippen molar-refractivity contribution >= 4 is 5.69 Å². The van der Waals surface area contributed by atoms with Crippen LogP contribution in [0.25, 0.3) is 0 Å². The molecule has 0 saturated heterocycles. The lowest BCUT2D eigenvalue weighted by Crippen LogP contribution is -2.40. The fraction of sp³-hybridized carbons (Fsp3) is 0.600. The molecule has 2 nitrogen and oxygen atoms in total. The molecule has 1 aromatic rings. The number of anilines is 1. The van der Waals surface area contributed by atoms with Crippen LogP contribution in [-0.2, 0) is 5.41 Å². The summed E-state index contributed by atoms with van der Waals surface area (Å²) in [6.45, 7) is 6.65. The molecule has 1 unspecified atom stereocenters. The van der Waals surface area contributed by atoms with Crippen LogP contribution in [0.2, 0.25) is 0 Å². The third kappa shape index (κ3) is 3.74. The molecule has 0 amide bonds. The second-order valence-corrected chi connectivity index (χ2v) is 5.45. The summed E-state index contributed by atoms with van der Waals surface area (Å²) in [5.74, 6) is 0. The normalized spacial score (nSPS) is 13.6. The maximum atomic E-state index is 6.33. The van der Waals surface area contributed by atoms with Gasteiger partial charge in [0.25, 0.3) is 0 Å². The van der Waals surface area contributed by atoms with Crippen molar-refractivity contribution in [1.82, 2.24) is 0 Å². The fourth-order valence-corrected chi connectivity index (χ4v) is 2.10. The van der Waals surface area contributed by atoms with Crippen molar-refractivity contribution in [2.45, 2.75) is 57.9 Å². The lowest BCUT2D eigenvalue weighted by Gasteiger charge is -2.32. The summed E-state index contributed by atoms with van der Waals surface area (Å²) >= 11 is 0. The minimum Gasteiger partial charge on any atom is -0.399 e. The lowest BCUT2D eigenvalue weighted by molar-refractivity contribution is 0.377. The van der Waals surface area contributed by atoms with Gasteiger partial charge >= 0.3 is 0 Å². The van der Waals surface area contributed by atoms with E-state index in [1.165, 1.54) is 24.8 Å². The van der Waals surface area contributed by atoms with Crippen LogP contribution in [0.1, 0.15) is 52.0 Å². The fourth-order valence-electron chi connectivity index (χ4n) is 2.10. The lowest BCUT2D eigenvalue weighted by atomic mass is 9.76. The highest BCUT2D eigenvalue weighted by molar-refractivity contribution is 5.41. The third-order valence-corrected chi connectivity index (χ3v) is 3.70. The standard InChI is InChI=1S/C15H26N2/c1-4-5-6-7-14(17)15(2,3)12-8-10-13(16)11-9-12/h8-11,14H,4-7,16-17H2,1-3H3. The van der Waals surface area contributed by atoms with Crippen LogP contribution in [-0.4, -0.2) is 6.04 Å². The summed E-state index contributed by atoms with van der Waals surface area (Å²) in [4.78, 5) is 0. The molecule has 0 radical (unpaired) electrons. The summed E-state index contributed by atoms with van der Waals surface area (Å²) in [5, 5.41) is 0. The average Bonchev–Trinajstić information content (AvgIpc) is 2.29. The zero-order chi connectivity index (χ0) is 12.9. The molecule has 0 aliphatic rings. The van der Waals surface area contributed by atoms with Crippen LogP contribution >= 0.6 is 0 Å². The Morgan fingerprint density at radius 1 is 1.12 bits per heavy atom. The van der Waals surface area contributed by atoms with E-state index >= 15 is 0 Å². The summed E-state index contributed by atoms with van der Waals surface area (Å²) in [5.41, 5.74) is 14.1. The first kappa shape index (κ1) is 14.0. The maximum absolute atomic E-state index is 6.33. The van der Waals surface area contributed by atoms with E-state index in [2.05, 4.69) is 32.9 Å². The van der Waals surface area contributed by atoms with Crippen molar-refractivity contribution in [2.75, 3.05) is 5.73 Å². The Hall–Kier alpha value is -1.02. The Bertz CT molecular complexity index is 327. The third-order valence-electron chi connectivity index (χ3n) is 3.70. The highest BCUT2D eigenvalue weighted by Gasteiger charge is 2.27. The summed E-state index contributed by atoms with van der Waals surface area (Å²) in [6.07, 6.45) is 4.82. The van der Waals surface area contributed by atoms with Gasteiger partial charge in [0.15, 0.2) is 0 Å². The zero-order valence-electron chi connectivity index (χ0n) is 11.4. The van der Waals surface area contributed by atoms with E-state index in [1.54, 1.807) is 0 Å². The van der Waals surface area contributed by atoms with Gasteiger partial charge in [0, 0.05) is 17.1 Å². The first-order valence-corrected chi connectivity index (χ1v) is 6.60. The van der Waals surface area contributed by atoms with Gasteiger partial charge in [-0.25, -0.2) is 0 Å². The minimum atomic E-state index is 0.0153. The van der Waals surface area contributed by atoms with Gasteiger partial charge in [0.2, 0.25) is 0 Å². The molecule has 0 fully saturated rings. The van der Waals surface area contributed by atoms with Gasteiger partial charge in [-0.15, -0.1) is 0 Å². The molecule has 2 heteroatoms. The Morgan fingerprint density at radius 2 is 1.71 bits per heavy atom. The number of nitrogens with two attached hydrogens (primary N) is 2. The van der Waals surface area contributed by atoms with Crippen LogP contribution in [0.5, 0.6) is 0 Å². The molecule has 4 N–H and O–H groups in total. The van der Waals surface area contributed by atoms with Crippen LogP contribution < -0.4 is 11.5 Å². The SMILES string of the molecule is CCCCCC(N)C(C)(C)c1ccc(N)cc1. The Balaban J connectivity index is 2.68. The predicted molar refractivity (Wildman–Crippen MR) is 76.0 cm³/mol. The number of nitrogen functional groups attached to an aromatic ring is 1. The van der Waals surface area contributed by atoms with Crippen molar-refractivity contribution < 1.29 is 0 Å². The number of hydrogen-bond acceptors (Lipinski definition) is 2. The van der Waals surface area contributed by atoms with E-state index in [9.17, 15) is 0 Å². The monoisotopic (exact) mass is 234 g/mol. The topological polar surface area (TPSA) is 52.0 Å². The number of rotatable bonds is 6. The molecule has 1 aromatic carbocycles. The molecular formula is C15H26N2. The van der Waals surface area contributed by atoms with Crippen LogP contribution in [0.3, 0.4) is 0 Å². The zero-order valence-corrected chi connectivity index (χ0v) is 11.4. The first-order chi connectivity index (χ1) is 7.98. The van der Waals surface area contributed by atoms with Gasteiger partial charge in [-0.3, -0.25) is 0 Å². The number of unbranched alkanes of at least 4 members (excludes halogenated alkanes) is 2. The molecule has 1 atom stereocenters. The molecule has 0 aromatic heterocycles. The molecule has 0 bridgehead atoms.